The fraction of sp³-hybridized carbons (Fsp3) is 0.611. The van der Waals surface area contributed by atoms with Crippen LogP contribution in [0.2, 0.25) is 5.02 Å². The standard InChI is InChI=1S/C18H25ClN4O4/c1-20-7-9-21(10-8-20)13-3-5-22(6-4-13)18(24)14-11-17(27-2)16(23(25)26)12-15(14)19/h11-13H,3-10H2,1-2H3. The smallest absolute Gasteiger partial charge is 0.312 e. The number of halogens is 1. The molecule has 0 aromatic heterocycles. The van der Waals surface area contributed by atoms with Crippen molar-refractivity contribution in [2.75, 3.05) is 53.4 Å². The molecule has 2 heterocycles. The predicted molar refractivity (Wildman–Crippen MR) is 103 cm³/mol. The maximum atomic E-state index is 12.9. The molecule has 0 saturated carbocycles. The van der Waals surface area contributed by atoms with Gasteiger partial charge in [0.2, 0.25) is 0 Å². The van der Waals surface area contributed by atoms with Crippen molar-refractivity contribution in [2.45, 2.75) is 18.9 Å². The highest BCUT2D eigenvalue weighted by Gasteiger charge is 2.30. The number of benzene rings is 1. The number of nitrogens with zero attached hydrogens (tertiary/aromatic N) is 4. The van der Waals surface area contributed by atoms with Crippen molar-refractivity contribution in [3.05, 3.63) is 32.8 Å². The second-order valence-electron chi connectivity index (χ2n) is 7.12. The van der Waals surface area contributed by atoms with Crippen LogP contribution in [-0.2, 0) is 0 Å². The first-order valence-electron chi connectivity index (χ1n) is 9.14. The van der Waals surface area contributed by atoms with Crippen molar-refractivity contribution >= 4 is 23.2 Å². The zero-order valence-corrected chi connectivity index (χ0v) is 16.4. The van der Waals surface area contributed by atoms with Crippen LogP contribution < -0.4 is 4.74 Å². The number of hydrogen-bond acceptors (Lipinski definition) is 6. The molecule has 2 fully saturated rings. The fourth-order valence-corrected chi connectivity index (χ4v) is 4.04. The van der Waals surface area contributed by atoms with Gasteiger partial charge in [0, 0.05) is 57.4 Å². The summed E-state index contributed by atoms with van der Waals surface area (Å²) in [4.78, 5) is 30.0. The molecule has 9 heteroatoms. The van der Waals surface area contributed by atoms with Crippen LogP contribution in [0.25, 0.3) is 0 Å². The van der Waals surface area contributed by atoms with Gasteiger partial charge in [0.15, 0.2) is 5.75 Å². The van der Waals surface area contributed by atoms with E-state index in [0.29, 0.717) is 19.1 Å². The molecule has 1 amide bonds. The summed E-state index contributed by atoms with van der Waals surface area (Å²) in [5.74, 6) is -0.162. The molecule has 8 nitrogen and oxygen atoms in total. The lowest BCUT2D eigenvalue weighted by molar-refractivity contribution is -0.385. The molecule has 0 atom stereocenters. The van der Waals surface area contributed by atoms with Gasteiger partial charge in [-0.25, -0.2) is 0 Å². The van der Waals surface area contributed by atoms with Crippen molar-refractivity contribution in [1.29, 1.82) is 0 Å². The highest BCUT2D eigenvalue weighted by Crippen LogP contribution is 2.34. The van der Waals surface area contributed by atoms with Gasteiger partial charge in [-0.15, -0.1) is 0 Å². The molecule has 27 heavy (non-hydrogen) atoms. The molecule has 0 spiro atoms. The van der Waals surface area contributed by atoms with Crippen LogP contribution in [0.1, 0.15) is 23.2 Å². The van der Waals surface area contributed by atoms with Gasteiger partial charge in [-0.2, -0.15) is 0 Å². The second-order valence-corrected chi connectivity index (χ2v) is 7.53. The van der Waals surface area contributed by atoms with Gasteiger partial charge in [0.25, 0.3) is 5.91 Å². The summed E-state index contributed by atoms with van der Waals surface area (Å²) in [5.41, 5.74) is 0.00462. The molecular formula is C18H25ClN4O4. The third kappa shape index (κ3) is 4.34. The van der Waals surface area contributed by atoms with Crippen molar-refractivity contribution < 1.29 is 14.5 Å². The van der Waals surface area contributed by atoms with Crippen LogP contribution in [0.5, 0.6) is 5.75 Å². The SMILES string of the molecule is COc1cc(C(=O)N2CCC(N3CCN(C)CC3)CC2)c(Cl)cc1[N+](=O)[O-]. The summed E-state index contributed by atoms with van der Waals surface area (Å²) in [5, 5.41) is 11.2. The lowest BCUT2D eigenvalue weighted by Gasteiger charge is -2.42. The van der Waals surface area contributed by atoms with Gasteiger partial charge in [-0.05, 0) is 19.9 Å². The summed E-state index contributed by atoms with van der Waals surface area (Å²) in [6.45, 7) is 5.62. The molecule has 3 rings (SSSR count). The number of nitro benzene ring substituents is 1. The number of likely N-dealkylation sites (N-methyl/N-ethyl adjacent to an activating group) is 1. The van der Waals surface area contributed by atoms with Gasteiger partial charge in [-0.3, -0.25) is 19.8 Å². The highest BCUT2D eigenvalue weighted by molar-refractivity contribution is 6.34. The van der Waals surface area contributed by atoms with Crippen LogP contribution in [0.4, 0.5) is 5.69 Å². The summed E-state index contributed by atoms with van der Waals surface area (Å²) in [6.07, 6.45) is 1.86. The van der Waals surface area contributed by atoms with Crippen LogP contribution in [0.3, 0.4) is 0 Å². The first-order valence-corrected chi connectivity index (χ1v) is 9.52. The van der Waals surface area contributed by atoms with E-state index in [4.69, 9.17) is 16.3 Å². The van der Waals surface area contributed by atoms with E-state index in [9.17, 15) is 14.9 Å². The average molecular weight is 397 g/mol. The average Bonchev–Trinajstić information content (AvgIpc) is 2.68. The number of piperazine rings is 1. The minimum absolute atomic E-state index is 0.0417. The predicted octanol–water partition coefficient (Wildman–Crippen LogP) is 2.11. The molecule has 1 aromatic rings. The van der Waals surface area contributed by atoms with E-state index in [1.807, 2.05) is 0 Å². The van der Waals surface area contributed by atoms with Crippen LogP contribution in [0, 0.1) is 10.1 Å². The molecule has 2 saturated heterocycles. The van der Waals surface area contributed by atoms with Crippen molar-refractivity contribution in [1.82, 2.24) is 14.7 Å². The number of carbonyl (C=O) groups excluding carboxylic acids is 1. The Morgan fingerprint density at radius 2 is 1.81 bits per heavy atom. The van der Waals surface area contributed by atoms with Gasteiger partial charge in [-0.1, -0.05) is 11.6 Å². The summed E-state index contributed by atoms with van der Waals surface area (Å²) < 4.78 is 5.06. The van der Waals surface area contributed by atoms with Gasteiger partial charge < -0.3 is 14.5 Å². The molecule has 0 unspecified atom stereocenters. The minimum atomic E-state index is -0.569. The largest absolute Gasteiger partial charge is 0.490 e. The van der Waals surface area contributed by atoms with Gasteiger partial charge in [0.05, 0.1) is 22.6 Å². The summed E-state index contributed by atoms with van der Waals surface area (Å²) in [6, 6.07) is 3.06. The van der Waals surface area contributed by atoms with Crippen LogP contribution >= 0.6 is 11.6 Å². The Morgan fingerprint density at radius 3 is 2.37 bits per heavy atom. The number of methoxy groups -OCH3 is 1. The first kappa shape index (κ1) is 19.9. The quantitative estimate of drug-likeness (QED) is 0.573. The van der Waals surface area contributed by atoms with E-state index in [-0.39, 0.29) is 27.9 Å². The third-order valence-corrected chi connectivity index (χ3v) is 5.81. The highest BCUT2D eigenvalue weighted by atomic mass is 35.5. The summed E-state index contributed by atoms with van der Waals surface area (Å²) in [7, 11) is 3.48. The van der Waals surface area contributed by atoms with E-state index < -0.39 is 4.92 Å². The molecule has 2 aliphatic heterocycles. The van der Waals surface area contributed by atoms with Gasteiger partial charge in [0.1, 0.15) is 0 Å². The maximum absolute atomic E-state index is 12.9. The van der Waals surface area contributed by atoms with Crippen LogP contribution in [-0.4, -0.2) is 85.0 Å². The zero-order valence-electron chi connectivity index (χ0n) is 15.7. The molecule has 148 valence electrons. The Morgan fingerprint density at radius 1 is 1.19 bits per heavy atom. The number of nitro groups is 1. The van der Waals surface area contributed by atoms with Gasteiger partial charge >= 0.3 is 5.69 Å². The Kier molecular flexibility index (Phi) is 6.18. The second kappa shape index (κ2) is 8.41. The topological polar surface area (TPSA) is 79.2 Å². The van der Waals surface area contributed by atoms with Crippen molar-refractivity contribution in [3.8, 4) is 5.75 Å². The molecule has 1 aromatic carbocycles. The Hall–Kier alpha value is -1.90. The maximum Gasteiger partial charge on any atom is 0.312 e. The van der Waals surface area contributed by atoms with E-state index in [1.165, 1.54) is 19.2 Å². The van der Waals surface area contributed by atoms with E-state index >= 15 is 0 Å². The third-order valence-electron chi connectivity index (χ3n) is 5.50. The number of hydrogen-bond donors (Lipinski definition) is 0. The Bertz CT molecular complexity index is 714. The number of rotatable bonds is 4. The fourth-order valence-electron chi connectivity index (χ4n) is 3.80. The number of piperidine rings is 1. The monoisotopic (exact) mass is 396 g/mol. The molecular weight excluding hydrogens is 372 g/mol. The van der Waals surface area contributed by atoms with Crippen molar-refractivity contribution in [3.63, 3.8) is 0 Å². The normalized spacial score (nSPS) is 19.9. The molecule has 0 aliphatic carbocycles. The molecule has 2 aliphatic rings. The van der Waals surface area contributed by atoms with E-state index in [2.05, 4.69) is 16.8 Å². The van der Waals surface area contributed by atoms with Crippen molar-refractivity contribution in [2.24, 2.45) is 0 Å². The Balaban J connectivity index is 1.66. The number of carbonyl (C=O) groups is 1. The zero-order chi connectivity index (χ0) is 19.6. The molecule has 0 bridgehead atoms. The molecule has 0 radical (unpaired) electrons. The lowest BCUT2D eigenvalue weighted by atomic mass is 10.0. The van der Waals surface area contributed by atoms with E-state index in [0.717, 1.165) is 39.0 Å². The number of ether oxygens (including phenoxy) is 1. The Labute approximate surface area is 163 Å². The number of likely N-dealkylation sites (tertiary alicyclic amines) is 1. The minimum Gasteiger partial charge on any atom is -0.490 e. The molecule has 0 N–H and O–H groups in total. The number of amides is 1. The summed E-state index contributed by atoms with van der Waals surface area (Å²) >= 11 is 6.16. The first-order chi connectivity index (χ1) is 12.9. The lowest BCUT2D eigenvalue weighted by Crippen LogP contribution is -2.53. The van der Waals surface area contributed by atoms with E-state index in [1.54, 1.807) is 4.90 Å². The van der Waals surface area contributed by atoms with Crippen LogP contribution in [0.15, 0.2) is 12.1 Å².